The normalized spacial score (nSPS) is 29.6. The monoisotopic (exact) mass is 335 g/mol. The summed E-state index contributed by atoms with van der Waals surface area (Å²) in [4.78, 5) is 2.67. The molecule has 2 unspecified atom stereocenters. The van der Waals surface area contributed by atoms with Crippen LogP contribution >= 0.6 is 0 Å². The van der Waals surface area contributed by atoms with E-state index in [-0.39, 0.29) is 0 Å². The minimum atomic E-state index is -0.668. The highest BCUT2D eigenvalue weighted by atomic mass is 16.3. The molecule has 2 nitrogen and oxygen atoms in total. The van der Waals surface area contributed by atoms with Crippen LogP contribution in [-0.4, -0.2) is 22.1 Å². The van der Waals surface area contributed by atoms with Crippen LogP contribution < -0.4 is 0 Å². The fourth-order valence-electron chi connectivity index (χ4n) is 5.33. The Morgan fingerprint density at radius 2 is 1.52 bits per heavy atom. The molecule has 0 saturated carbocycles. The Balaban J connectivity index is 1.63. The summed E-state index contributed by atoms with van der Waals surface area (Å²) in [6.45, 7) is 5.30. The van der Waals surface area contributed by atoms with Gasteiger partial charge < -0.3 is 5.11 Å². The summed E-state index contributed by atoms with van der Waals surface area (Å²) < 4.78 is 0. The van der Waals surface area contributed by atoms with E-state index in [1.807, 2.05) is 0 Å². The van der Waals surface area contributed by atoms with Crippen LogP contribution in [0, 0.1) is 13.8 Å². The van der Waals surface area contributed by atoms with E-state index in [9.17, 15) is 5.11 Å². The van der Waals surface area contributed by atoms with Crippen LogP contribution in [0.1, 0.15) is 54.4 Å². The summed E-state index contributed by atoms with van der Waals surface area (Å²) in [6, 6.07) is 18.1. The number of nitrogens with zero attached hydrogens (tertiary/aromatic N) is 1. The van der Waals surface area contributed by atoms with Crippen LogP contribution in [-0.2, 0) is 12.1 Å². The maximum atomic E-state index is 11.7. The highest BCUT2D eigenvalue weighted by molar-refractivity contribution is 5.39. The first-order chi connectivity index (χ1) is 12.1. The third-order valence-electron chi connectivity index (χ3n) is 6.31. The van der Waals surface area contributed by atoms with Crippen molar-refractivity contribution >= 4 is 0 Å². The first-order valence-electron chi connectivity index (χ1n) is 9.65. The van der Waals surface area contributed by atoms with Gasteiger partial charge in [0.05, 0.1) is 5.60 Å². The third-order valence-corrected chi connectivity index (χ3v) is 6.31. The van der Waals surface area contributed by atoms with Gasteiger partial charge in [0.25, 0.3) is 0 Å². The van der Waals surface area contributed by atoms with Crippen molar-refractivity contribution < 1.29 is 5.11 Å². The lowest BCUT2D eigenvalue weighted by Gasteiger charge is -2.53. The number of benzene rings is 2. The van der Waals surface area contributed by atoms with E-state index in [1.54, 1.807) is 0 Å². The second-order valence-corrected chi connectivity index (χ2v) is 8.10. The molecule has 2 saturated heterocycles. The molecule has 25 heavy (non-hydrogen) atoms. The summed E-state index contributed by atoms with van der Waals surface area (Å²) in [5, 5.41) is 11.7. The second-order valence-electron chi connectivity index (χ2n) is 8.10. The second kappa shape index (κ2) is 6.59. The third kappa shape index (κ3) is 3.14. The van der Waals surface area contributed by atoms with Crippen LogP contribution in [0.4, 0.5) is 0 Å². The van der Waals surface area contributed by atoms with Gasteiger partial charge in [-0.25, -0.2) is 0 Å². The number of hydrogen-bond donors (Lipinski definition) is 1. The predicted octanol–water partition coefficient (Wildman–Crippen LogP) is 4.71. The standard InChI is InChI=1S/C23H29NO/c1-17-8-6-9-18(2)22(17)23(25)14-20-12-7-13-21(15-23)24(20)16-19-10-4-3-5-11-19/h3-6,8-11,20-21,25H,7,12-16H2,1-2H3. The van der Waals surface area contributed by atoms with Gasteiger partial charge in [0, 0.05) is 18.6 Å². The minimum absolute atomic E-state index is 0.483. The summed E-state index contributed by atoms with van der Waals surface area (Å²) >= 11 is 0. The van der Waals surface area contributed by atoms with Crippen LogP contribution in [0.15, 0.2) is 48.5 Å². The van der Waals surface area contributed by atoms with Crippen LogP contribution in [0.3, 0.4) is 0 Å². The van der Waals surface area contributed by atoms with E-state index in [0.29, 0.717) is 12.1 Å². The maximum Gasteiger partial charge on any atom is 0.0931 e. The van der Waals surface area contributed by atoms with Gasteiger partial charge >= 0.3 is 0 Å². The van der Waals surface area contributed by atoms with Crippen molar-refractivity contribution in [2.45, 2.75) is 70.2 Å². The minimum Gasteiger partial charge on any atom is -0.385 e. The average molecular weight is 335 g/mol. The molecular weight excluding hydrogens is 306 g/mol. The highest BCUT2D eigenvalue weighted by Crippen LogP contribution is 2.46. The van der Waals surface area contributed by atoms with Gasteiger partial charge in [0.2, 0.25) is 0 Å². The zero-order valence-corrected chi connectivity index (χ0v) is 15.4. The Morgan fingerprint density at radius 3 is 2.12 bits per heavy atom. The lowest BCUT2D eigenvalue weighted by molar-refractivity contribution is -0.100. The van der Waals surface area contributed by atoms with Gasteiger partial charge in [0.15, 0.2) is 0 Å². The van der Waals surface area contributed by atoms with E-state index in [1.165, 1.54) is 41.5 Å². The van der Waals surface area contributed by atoms with E-state index < -0.39 is 5.60 Å². The van der Waals surface area contributed by atoms with E-state index in [2.05, 4.69) is 67.3 Å². The Labute approximate surface area is 151 Å². The summed E-state index contributed by atoms with van der Waals surface area (Å²) in [5.41, 5.74) is 4.37. The molecule has 2 aromatic carbocycles. The van der Waals surface area contributed by atoms with E-state index in [0.717, 1.165) is 19.4 Å². The highest BCUT2D eigenvalue weighted by Gasteiger charge is 2.47. The Bertz CT molecular complexity index is 705. The van der Waals surface area contributed by atoms with Crippen LogP contribution in [0.5, 0.6) is 0 Å². The molecule has 0 amide bonds. The molecule has 4 rings (SSSR count). The van der Waals surface area contributed by atoms with Crippen molar-refractivity contribution in [3.05, 3.63) is 70.8 Å². The zero-order valence-electron chi connectivity index (χ0n) is 15.4. The number of piperidine rings is 2. The molecule has 0 aromatic heterocycles. The molecule has 2 heterocycles. The molecule has 2 aromatic rings. The van der Waals surface area contributed by atoms with Crippen molar-refractivity contribution in [1.82, 2.24) is 4.90 Å². The smallest absolute Gasteiger partial charge is 0.0931 e. The Kier molecular flexibility index (Phi) is 4.43. The van der Waals surface area contributed by atoms with Gasteiger partial charge in [-0.05, 0) is 61.8 Å². The van der Waals surface area contributed by atoms with Gasteiger partial charge in [0.1, 0.15) is 0 Å². The molecule has 0 radical (unpaired) electrons. The number of hydrogen-bond acceptors (Lipinski definition) is 2. The summed E-state index contributed by atoms with van der Waals surface area (Å²) in [7, 11) is 0. The maximum absolute atomic E-state index is 11.7. The van der Waals surface area contributed by atoms with Gasteiger partial charge in [-0.1, -0.05) is 55.0 Å². The zero-order chi connectivity index (χ0) is 17.4. The molecule has 2 bridgehead atoms. The lowest BCUT2D eigenvalue weighted by Crippen LogP contribution is -2.56. The molecule has 2 atom stereocenters. The average Bonchev–Trinajstić information content (AvgIpc) is 2.57. The quantitative estimate of drug-likeness (QED) is 0.878. The van der Waals surface area contributed by atoms with Crippen molar-refractivity contribution in [2.24, 2.45) is 0 Å². The van der Waals surface area contributed by atoms with E-state index in [4.69, 9.17) is 0 Å². The van der Waals surface area contributed by atoms with Crippen molar-refractivity contribution in [3.63, 3.8) is 0 Å². The Hall–Kier alpha value is -1.64. The van der Waals surface area contributed by atoms with E-state index >= 15 is 0 Å². The fraction of sp³-hybridized carbons (Fsp3) is 0.478. The molecular formula is C23H29NO. The van der Waals surface area contributed by atoms with Crippen molar-refractivity contribution in [1.29, 1.82) is 0 Å². The van der Waals surface area contributed by atoms with Crippen molar-refractivity contribution in [3.8, 4) is 0 Å². The SMILES string of the molecule is Cc1cccc(C)c1C1(O)CC2CCCC(C1)N2Cc1ccccc1. The van der Waals surface area contributed by atoms with Gasteiger partial charge in [-0.2, -0.15) is 0 Å². The molecule has 1 N–H and O–H groups in total. The van der Waals surface area contributed by atoms with Gasteiger partial charge in [-0.15, -0.1) is 0 Å². The van der Waals surface area contributed by atoms with Crippen LogP contribution in [0.2, 0.25) is 0 Å². The summed E-state index contributed by atoms with van der Waals surface area (Å²) in [6.07, 6.45) is 5.43. The first kappa shape index (κ1) is 16.8. The largest absolute Gasteiger partial charge is 0.385 e. The molecule has 2 aliphatic rings. The van der Waals surface area contributed by atoms with Gasteiger partial charge in [-0.3, -0.25) is 4.90 Å². The first-order valence-corrected chi connectivity index (χ1v) is 9.65. The number of fused-ring (bicyclic) bond motifs is 2. The van der Waals surface area contributed by atoms with Crippen LogP contribution in [0.25, 0.3) is 0 Å². The molecule has 2 aliphatic heterocycles. The number of aryl methyl sites for hydroxylation is 2. The number of aliphatic hydroxyl groups is 1. The fourth-order valence-corrected chi connectivity index (χ4v) is 5.33. The molecule has 0 spiro atoms. The van der Waals surface area contributed by atoms with Crippen molar-refractivity contribution in [2.75, 3.05) is 0 Å². The summed E-state index contributed by atoms with van der Waals surface area (Å²) in [5.74, 6) is 0. The number of rotatable bonds is 3. The molecule has 0 aliphatic carbocycles. The molecule has 2 fully saturated rings. The lowest BCUT2D eigenvalue weighted by atomic mass is 9.70. The predicted molar refractivity (Wildman–Crippen MR) is 102 cm³/mol. The molecule has 2 heteroatoms. The topological polar surface area (TPSA) is 23.5 Å². The Morgan fingerprint density at radius 1 is 0.920 bits per heavy atom. The molecule has 132 valence electrons.